The van der Waals surface area contributed by atoms with Crippen LogP contribution in [0.25, 0.3) is 0 Å². The number of methoxy groups -OCH3 is 1. The molecule has 3 heteroatoms. The number of halogens is 1. The molecule has 94 valence electrons. The van der Waals surface area contributed by atoms with E-state index in [0.717, 1.165) is 22.8 Å². The Morgan fingerprint density at radius 1 is 1.47 bits per heavy atom. The van der Waals surface area contributed by atoms with E-state index in [1.807, 2.05) is 19.1 Å². The van der Waals surface area contributed by atoms with Gasteiger partial charge in [0.05, 0.1) is 19.3 Å². The van der Waals surface area contributed by atoms with Crippen LogP contribution < -0.4 is 4.74 Å². The highest BCUT2D eigenvalue weighted by atomic mass is 35.5. The molecule has 2 rings (SSSR count). The molecular formula is C14H19ClO2. The number of aryl methyl sites for hydroxylation is 1. The second-order valence-electron chi connectivity index (χ2n) is 4.86. The lowest BCUT2D eigenvalue weighted by molar-refractivity contribution is 0.358. The molecule has 1 aromatic carbocycles. The van der Waals surface area contributed by atoms with Gasteiger partial charge in [0.2, 0.25) is 0 Å². The number of hydrogen-bond acceptors (Lipinski definition) is 2. The van der Waals surface area contributed by atoms with Crippen LogP contribution in [0.15, 0.2) is 12.1 Å². The molecule has 1 aliphatic rings. The topological polar surface area (TPSA) is 21.8 Å². The summed E-state index contributed by atoms with van der Waals surface area (Å²) in [4.78, 5) is 0. The third-order valence-corrected chi connectivity index (χ3v) is 3.87. The summed E-state index contributed by atoms with van der Waals surface area (Å²) in [5.74, 6) is 1.32. The third kappa shape index (κ3) is 2.75. The van der Waals surface area contributed by atoms with Crippen molar-refractivity contribution in [2.75, 3.05) is 7.11 Å². The highest BCUT2D eigenvalue weighted by molar-refractivity contribution is 6.31. The van der Waals surface area contributed by atoms with E-state index in [4.69, 9.17) is 21.1 Å². The van der Waals surface area contributed by atoms with Crippen LogP contribution in [0.5, 0.6) is 5.75 Å². The first-order valence-electron chi connectivity index (χ1n) is 6.02. The molecule has 2 nitrogen and oxygen atoms in total. The van der Waals surface area contributed by atoms with Gasteiger partial charge in [-0.25, -0.2) is 0 Å². The van der Waals surface area contributed by atoms with Crippen LogP contribution in [-0.2, 0) is 4.74 Å². The van der Waals surface area contributed by atoms with Crippen LogP contribution in [0.4, 0.5) is 0 Å². The molecule has 1 aliphatic heterocycles. The summed E-state index contributed by atoms with van der Waals surface area (Å²) in [6.07, 6.45) is 1.83. The molecule has 0 N–H and O–H groups in total. The molecule has 17 heavy (non-hydrogen) atoms. The minimum absolute atomic E-state index is 0.398. The fraction of sp³-hybridized carbons (Fsp3) is 0.571. The Balaban J connectivity index is 2.20. The van der Waals surface area contributed by atoms with Crippen molar-refractivity contribution in [2.24, 2.45) is 0 Å². The first-order valence-corrected chi connectivity index (χ1v) is 6.40. The van der Waals surface area contributed by atoms with Crippen LogP contribution >= 0.6 is 11.6 Å². The highest BCUT2D eigenvalue weighted by Gasteiger charge is 2.35. The maximum Gasteiger partial charge on any atom is 0.122 e. The Labute approximate surface area is 108 Å². The quantitative estimate of drug-likeness (QED) is 0.760. The monoisotopic (exact) mass is 254 g/mol. The van der Waals surface area contributed by atoms with E-state index in [2.05, 4.69) is 13.8 Å². The van der Waals surface area contributed by atoms with Crippen molar-refractivity contribution in [1.29, 1.82) is 0 Å². The summed E-state index contributed by atoms with van der Waals surface area (Å²) in [6, 6.07) is 4.03. The van der Waals surface area contributed by atoms with Gasteiger partial charge in [-0.2, -0.15) is 0 Å². The van der Waals surface area contributed by atoms with Gasteiger partial charge in [0.25, 0.3) is 0 Å². The minimum atomic E-state index is 0.398. The molecule has 0 spiro atoms. The van der Waals surface area contributed by atoms with Crippen LogP contribution in [0.3, 0.4) is 0 Å². The number of epoxide rings is 1. The van der Waals surface area contributed by atoms with Gasteiger partial charge >= 0.3 is 0 Å². The highest BCUT2D eigenvalue weighted by Crippen LogP contribution is 2.37. The van der Waals surface area contributed by atoms with Gasteiger partial charge in [-0.05, 0) is 49.4 Å². The van der Waals surface area contributed by atoms with Crippen LogP contribution in [0, 0.1) is 6.92 Å². The molecule has 0 aromatic heterocycles. The van der Waals surface area contributed by atoms with Gasteiger partial charge in [-0.3, -0.25) is 0 Å². The summed E-state index contributed by atoms with van der Waals surface area (Å²) >= 11 is 6.18. The Morgan fingerprint density at radius 3 is 2.65 bits per heavy atom. The van der Waals surface area contributed by atoms with Crippen molar-refractivity contribution in [3.05, 3.63) is 28.3 Å². The zero-order valence-corrected chi connectivity index (χ0v) is 11.5. The summed E-state index contributed by atoms with van der Waals surface area (Å²) in [5, 5.41) is 0.803. The van der Waals surface area contributed by atoms with Gasteiger partial charge in [-0.15, -0.1) is 0 Å². The minimum Gasteiger partial charge on any atom is -0.496 e. The zero-order chi connectivity index (χ0) is 12.6. The predicted molar refractivity (Wildman–Crippen MR) is 70.1 cm³/mol. The Morgan fingerprint density at radius 2 is 2.12 bits per heavy atom. The van der Waals surface area contributed by atoms with Gasteiger partial charge in [0.1, 0.15) is 5.75 Å². The van der Waals surface area contributed by atoms with Crippen molar-refractivity contribution in [2.45, 2.75) is 45.3 Å². The van der Waals surface area contributed by atoms with Gasteiger partial charge in [0, 0.05) is 5.02 Å². The first kappa shape index (κ1) is 12.7. The largest absolute Gasteiger partial charge is 0.496 e. The molecule has 0 aliphatic carbocycles. The molecule has 0 radical (unpaired) electrons. The third-order valence-electron chi connectivity index (χ3n) is 3.46. The van der Waals surface area contributed by atoms with E-state index in [1.54, 1.807) is 7.11 Å². The molecule has 1 aromatic rings. The second kappa shape index (κ2) is 4.87. The molecular weight excluding hydrogens is 236 g/mol. The maximum atomic E-state index is 6.18. The first-order chi connectivity index (χ1) is 8.02. The lowest BCUT2D eigenvalue weighted by Gasteiger charge is -2.16. The Bertz CT molecular complexity index is 417. The summed E-state index contributed by atoms with van der Waals surface area (Å²) < 4.78 is 10.9. The van der Waals surface area contributed by atoms with E-state index < -0.39 is 0 Å². The van der Waals surface area contributed by atoms with E-state index in [1.165, 1.54) is 5.56 Å². The molecule has 0 bridgehead atoms. The number of benzene rings is 1. The maximum absolute atomic E-state index is 6.18. The van der Waals surface area contributed by atoms with Crippen molar-refractivity contribution >= 4 is 11.6 Å². The fourth-order valence-electron chi connectivity index (χ4n) is 2.19. The molecule has 3 atom stereocenters. The smallest absolute Gasteiger partial charge is 0.122 e. The molecule has 1 fully saturated rings. The van der Waals surface area contributed by atoms with Gasteiger partial charge < -0.3 is 9.47 Å². The normalized spacial score (nSPS) is 24.5. The molecule has 0 saturated carbocycles. The van der Waals surface area contributed by atoms with Crippen molar-refractivity contribution < 1.29 is 9.47 Å². The standard InChI is InChI=1S/C14H19ClO2/c1-8(5-13-10(3)17-13)11-7-12(15)9(2)6-14(11)16-4/h6-8,10,13H,5H2,1-4H3. The van der Waals surface area contributed by atoms with E-state index in [-0.39, 0.29) is 0 Å². The fourth-order valence-corrected chi connectivity index (χ4v) is 2.36. The van der Waals surface area contributed by atoms with Crippen molar-refractivity contribution in [1.82, 2.24) is 0 Å². The SMILES string of the molecule is COc1cc(C)c(Cl)cc1C(C)CC1OC1C. The molecule has 1 heterocycles. The van der Waals surface area contributed by atoms with E-state index in [9.17, 15) is 0 Å². The van der Waals surface area contributed by atoms with E-state index >= 15 is 0 Å². The van der Waals surface area contributed by atoms with Gasteiger partial charge in [-0.1, -0.05) is 18.5 Å². The van der Waals surface area contributed by atoms with Crippen LogP contribution in [0.2, 0.25) is 5.02 Å². The Kier molecular flexibility index (Phi) is 3.64. The van der Waals surface area contributed by atoms with Crippen LogP contribution in [-0.4, -0.2) is 19.3 Å². The average molecular weight is 255 g/mol. The number of rotatable bonds is 4. The second-order valence-corrected chi connectivity index (χ2v) is 5.27. The summed E-state index contributed by atoms with van der Waals surface area (Å²) in [5.41, 5.74) is 2.22. The lowest BCUT2D eigenvalue weighted by Crippen LogP contribution is -2.03. The Hall–Kier alpha value is -0.730. The lowest BCUT2D eigenvalue weighted by atomic mass is 9.93. The zero-order valence-electron chi connectivity index (χ0n) is 10.8. The number of hydrogen-bond donors (Lipinski definition) is 0. The van der Waals surface area contributed by atoms with Crippen molar-refractivity contribution in [3.63, 3.8) is 0 Å². The molecule has 0 amide bonds. The predicted octanol–water partition coefficient (Wildman–Crippen LogP) is 3.94. The van der Waals surface area contributed by atoms with Crippen LogP contribution in [0.1, 0.15) is 37.3 Å². The summed E-state index contributed by atoms with van der Waals surface area (Å²) in [7, 11) is 1.70. The molecule has 1 saturated heterocycles. The molecule has 3 unspecified atom stereocenters. The number of ether oxygens (including phenoxy) is 2. The van der Waals surface area contributed by atoms with Crippen molar-refractivity contribution in [3.8, 4) is 5.75 Å². The average Bonchev–Trinajstić information content (AvgIpc) is 2.97. The van der Waals surface area contributed by atoms with E-state index in [0.29, 0.717) is 18.1 Å². The van der Waals surface area contributed by atoms with Gasteiger partial charge in [0.15, 0.2) is 0 Å². The summed E-state index contributed by atoms with van der Waals surface area (Å²) in [6.45, 7) is 6.29.